The van der Waals surface area contributed by atoms with Gasteiger partial charge in [0, 0.05) is 0 Å². The molecule has 0 amide bonds. The lowest BCUT2D eigenvalue weighted by Crippen LogP contribution is -2.22. The molecule has 1 atom stereocenters. The first-order valence-corrected chi connectivity index (χ1v) is 5.43. The first-order valence-electron chi connectivity index (χ1n) is 5.43. The molecular formula is C15H13NO. The molecule has 2 nitrogen and oxygen atoms in total. The summed E-state index contributed by atoms with van der Waals surface area (Å²) in [5, 5.41) is 19.3. The molecule has 1 unspecified atom stereocenters. The summed E-state index contributed by atoms with van der Waals surface area (Å²) in [7, 11) is 0. The van der Waals surface area contributed by atoms with E-state index in [0.717, 1.165) is 11.1 Å². The molecule has 0 radical (unpaired) electrons. The van der Waals surface area contributed by atoms with Gasteiger partial charge in [-0.05, 0) is 30.2 Å². The minimum atomic E-state index is -1.03. The molecule has 17 heavy (non-hydrogen) atoms. The predicted molar refractivity (Wildman–Crippen MR) is 66.3 cm³/mol. The molecule has 0 spiro atoms. The van der Waals surface area contributed by atoms with Crippen LogP contribution in [0.4, 0.5) is 0 Å². The van der Waals surface area contributed by atoms with Crippen molar-refractivity contribution in [1.82, 2.24) is 0 Å². The largest absolute Gasteiger partial charge is 0.381 e. The quantitative estimate of drug-likeness (QED) is 0.850. The van der Waals surface area contributed by atoms with Gasteiger partial charge in [0.1, 0.15) is 5.60 Å². The first-order chi connectivity index (χ1) is 8.14. The third-order valence-electron chi connectivity index (χ3n) is 2.91. The molecule has 0 saturated carbocycles. The van der Waals surface area contributed by atoms with Crippen LogP contribution in [0.5, 0.6) is 0 Å². The Morgan fingerprint density at radius 3 is 2.00 bits per heavy atom. The maximum absolute atomic E-state index is 10.5. The zero-order valence-electron chi connectivity index (χ0n) is 9.59. The molecule has 0 aromatic heterocycles. The highest BCUT2D eigenvalue weighted by Crippen LogP contribution is 2.28. The molecule has 0 aliphatic rings. The number of aliphatic hydroxyl groups is 1. The number of nitriles is 1. The highest BCUT2D eigenvalue weighted by molar-refractivity contribution is 5.39. The molecule has 0 bridgehead atoms. The van der Waals surface area contributed by atoms with Crippen LogP contribution in [0.25, 0.3) is 0 Å². The van der Waals surface area contributed by atoms with Crippen molar-refractivity contribution in [3.05, 3.63) is 71.3 Å². The topological polar surface area (TPSA) is 44.0 Å². The molecule has 2 heteroatoms. The van der Waals surface area contributed by atoms with Crippen molar-refractivity contribution in [3.63, 3.8) is 0 Å². The Morgan fingerprint density at radius 2 is 1.47 bits per heavy atom. The van der Waals surface area contributed by atoms with Gasteiger partial charge in [0.05, 0.1) is 11.6 Å². The Balaban J connectivity index is 2.41. The smallest absolute Gasteiger partial charge is 0.112 e. The summed E-state index contributed by atoms with van der Waals surface area (Å²) in [5.41, 5.74) is 1.18. The van der Waals surface area contributed by atoms with Crippen LogP contribution in [0.3, 0.4) is 0 Å². The highest BCUT2D eigenvalue weighted by Gasteiger charge is 2.24. The summed E-state index contributed by atoms with van der Waals surface area (Å²) in [6, 6.07) is 18.5. The number of hydrogen-bond acceptors (Lipinski definition) is 2. The van der Waals surface area contributed by atoms with E-state index in [1.165, 1.54) is 0 Å². The average Bonchev–Trinajstić information content (AvgIpc) is 2.40. The van der Waals surface area contributed by atoms with Gasteiger partial charge in [-0.3, -0.25) is 0 Å². The molecule has 2 rings (SSSR count). The number of rotatable bonds is 2. The van der Waals surface area contributed by atoms with Crippen LogP contribution < -0.4 is 0 Å². The zero-order valence-corrected chi connectivity index (χ0v) is 9.59. The average molecular weight is 223 g/mol. The Bertz CT molecular complexity index is 535. The Kier molecular flexibility index (Phi) is 2.95. The minimum absolute atomic E-state index is 0.595. The first kappa shape index (κ1) is 11.4. The fourth-order valence-corrected chi connectivity index (χ4v) is 1.80. The molecule has 2 aromatic carbocycles. The van der Waals surface area contributed by atoms with Gasteiger partial charge in [0.25, 0.3) is 0 Å². The molecule has 0 aliphatic carbocycles. The van der Waals surface area contributed by atoms with Crippen LogP contribution in [-0.4, -0.2) is 5.11 Å². The monoisotopic (exact) mass is 223 g/mol. The molecular weight excluding hydrogens is 210 g/mol. The molecule has 0 fully saturated rings. The summed E-state index contributed by atoms with van der Waals surface area (Å²) in [6.45, 7) is 1.75. The van der Waals surface area contributed by atoms with E-state index in [1.807, 2.05) is 30.3 Å². The van der Waals surface area contributed by atoms with Gasteiger partial charge in [0.15, 0.2) is 0 Å². The summed E-state index contributed by atoms with van der Waals surface area (Å²) in [5.74, 6) is 0. The van der Waals surface area contributed by atoms with Crippen molar-refractivity contribution in [1.29, 1.82) is 5.26 Å². The van der Waals surface area contributed by atoms with Gasteiger partial charge in [0.2, 0.25) is 0 Å². The molecule has 2 aromatic rings. The van der Waals surface area contributed by atoms with Gasteiger partial charge in [-0.1, -0.05) is 42.5 Å². The summed E-state index contributed by atoms with van der Waals surface area (Å²) in [4.78, 5) is 0. The zero-order chi connectivity index (χ0) is 12.3. The van der Waals surface area contributed by atoms with E-state index in [2.05, 4.69) is 6.07 Å². The maximum atomic E-state index is 10.5. The van der Waals surface area contributed by atoms with Crippen molar-refractivity contribution in [2.24, 2.45) is 0 Å². The van der Waals surface area contributed by atoms with E-state index in [9.17, 15) is 5.11 Å². The van der Waals surface area contributed by atoms with Crippen LogP contribution in [0.15, 0.2) is 54.6 Å². The van der Waals surface area contributed by atoms with E-state index in [1.54, 1.807) is 31.2 Å². The number of benzene rings is 2. The van der Waals surface area contributed by atoms with Crippen LogP contribution in [0, 0.1) is 11.3 Å². The SMILES string of the molecule is CC(O)(c1ccccc1)c1ccc(C#N)cc1. The maximum Gasteiger partial charge on any atom is 0.112 e. The van der Waals surface area contributed by atoms with E-state index >= 15 is 0 Å². The van der Waals surface area contributed by atoms with Gasteiger partial charge >= 0.3 is 0 Å². The van der Waals surface area contributed by atoms with E-state index in [4.69, 9.17) is 5.26 Å². The number of hydrogen-bond donors (Lipinski definition) is 1. The molecule has 0 heterocycles. The summed E-state index contributed by atoms with van der Waals surface area (Å²) < 4.78 is 0. The van der Waals surface area contributed by atoms with E-state index in [-0.39, 0.29) is 0 Å². The predicted octanol–water partition coefficient (Wildman–Crippen LogP) is 2.81. The van der Waals surface area contributed by atoms with Crippen molar-refractivity contribution in [3.8, 4) is 6.07 Å². The van der Waals surface area contributed by atoms with Crippen LogP contribution >= 0.6 is 0 Å². The number of nitrogens with zero attached hydrogens (tertiary/aromatic N) is 1. The lowest BCUT2D eigenvalue weighted by Gasteiger charge is -2.24. The van der Waals surface area contributed by atoms with Gasteiger partial charge < -0.3 is 5.11 Å². The second-order valence-electron chi connectivity index (χ2n) is 4.13. The van der Waals surface area contributed by atoms with Crippen LogP contribution in [-0.2, 0) is 5.60 Å². The van der Waals surface area contributed by atoms with Gasteiger partial charge in [-0.2, -0.15) is 5.26 Å². The highest BCUT2D eigenvalue weighted by atomic mass is 16.3. The normalized spacial score (nSPS) is 13.7. The standard InChI is InChI=1S/C15H13NO/c1-15(17,13-5-3-2-4-6-13)14-9-7-12(11-16)8-10-14/h2-10,17H,1H3. The van der Waals surface area contributed by atoms with Crippen molar-refractivity contribution >= 4 is 0 Å². The summed E-state index contributed by atoms with van der Waals surface area (Å²) >= 11 is 0. The van der Waals surface area contributed by atoms with Crippen molar-refractivity contribution in [2.75, 3.05) is 0 Å². The van der Waals surface area contributed by atoms with Gasteiger partial charge in [-0.25, -0.2) is 0 Å². The molecule has 0 aliphatic heterocycles. The van der Waals surface area contributed by atoms with Crippen LogP contribution in [0.1, 0.15) is 23.6 Å². The van der Waals surface area contributed by atoms with E-state index < -0.39 is 5.60 Å². The second kappa shape index (κ2) is 4.40. The summed E-state index contributed by atoms with van der Waals surface area (Å²) in [6.07, 6.45) is 0. The molecule has 0 saturated heterocycles. The minimum Gasteiger partial charge on any atom is -0.381 e. The molecule has 1 N–H and O–H groups in total. The molecule has 84 valence electrons. The van der Waals surface area contributed by atoms with E-state index in [0.29, 0.717) is 5.56 Å². The Hall–Kier alpha value is -2.11. The second-order valence-corrected chi connectivity index (χ2v) is 4.13. The van der Waals surface area contributed by atoms with Crippen LogP contribution in [0.2, 0.25) is 0 Å². The fourth-order valence-electron chi connectivity index (χ4n) is 1.80. The lowest BCUT2D eigenvalue weighted by molar-refractivity contribution is 0.102. The third-order valence-corrected chi connectivity index (χ3v) is 2.91. The third kappa shape index (κ3) is 2.20. The van der Waals surface area contributed by atoms with Crippen molar-refractivity contribution < 1.29 is 5.11 Å². The Labute approximate surface area is 101 Å². The van der Waals surface area contributed by atoms with Gasteiger partial charge in [-0.15, -0.1) is 0 Å². The van der Waals surface area contributed by atoms with Crippen molar-refractivity contribution in [2.45, 2.75) is 12.5 Å². The Morgan fingerprint density at radius 1 is 0.941 bits per heavy atom. The lowest BCUT2D eigenvalue weighted by atomic mass is 9.88. The fraction of sp³-hybridized carbons (Fsp3) is 0.133.